The molecule has 0 bridgehead atoms. The van der Waals surface area contributed by atoms with Crippen LogP contribution in [-0.2, 0) is 4.74 Å². The second-order valence-electron chi connectivity index (χ2n) is 7.46. The first-order valence-electron chi connectivity index (χ1n) is 9.92. The van der Waals surface area contributed by atoms with Crippen molar-refractivity contribution >= 4 is 45.5 Å². The molecule has 0 amide bonds. The summed E-state index contributed by atoms with van der Waals surface area (Å²) in [6.07, 6.45) is 2.56. The van der Waals surface area contributed by atoms with Gasteiger partial charge in [-0.25, -0.2) is 0 Å². The van der Waals surface area contributed by atoms with E-state index in [9.17, 15) is 0 Å². The second kappa shape index (κ2) is 17.0. The molecule has 0 radical (unpaired) electrons. The zero-order chi connectivity index (χ0) is 20.8. The van der Waals surface area contributed by atoms with E-state index < -0.39 is 4.20 Å². The average molecular weight is 540 g/mol. The van der Waals surface area contributed by atoms with Crippen molar-refractivity contribution in [3.05, 3.63) is 60.7 Å². The molecule has 1 aliphatic rings. The van der Waals surface area contributed by atoms with Crippen LogP contribution in [0, 0.1) is 0 Å². The third kappa shape index (κ3) is 13.4. The van der Waals surface area contributed by atoms with E-state index in [0.29, 0.717) is 0 Å². The molecule has 0 unspecified atom stereocenters. The number of nitrogens with one attached hydrogen (secondary N) is 2. The van der Waals surface area contributed by atoms with E-state index in [-0.39, 0.29) is 18.9 Å². The maximum absolute atomic E-state index is 4.94. The van der Waals surface area contributed by atoms with Crippen molar-refractivity contribution in [2.45, 2.75) is 12.8 Å². The molecule has 0 atom stereocenters. The van der Waals surface area contributed by atoms with Gasteiger partial charge in [-0.2, -0.15) is 0 Å². The molecule has 7 heteroatoms. The first-order valence-corrected chi connectivity index (χ1v) is 16.1. The molecule has 1 heterocycles. The fraction of sp³-hybridized carbons (Fsp3) is 0.455. The predicted molar refractivity (Wildman–Crippen MR) is 126 cm³/mol. The van der Waals surface area contributed by atoms with Gasteiger partial charge in [0.2, 0.25) is 0 Å². The number of rotatable bonds is 5. The molecular formula is C22H36LiN2OPSe2+2. The van der Waals surface area contributed by atoms with Crippen molar-refractivity contribution in [1.82, 2.24) is 0 Å². The van der Waals surface area contributed by atoms with E-state index in [1.807, 2.05) is 0 Å². The Morgan fingerprint density at radius 2 is 1.14 bits per heavy atom. The Morgan fingerprint density at radius 1 is 0.793 bits per heavy atom. The summed E-state index contributed by atoms with van der Waals surface area (Å²) in [6.45, 7) is 4.53. The Hall–Kier alpha value is 0.386. The molecule has 0 aliphatic carbocycles. The van der Waals surface area contributed by atoms with Crippen molar-refractivity contribution in [3.63, 3.8) is 0 Å². The van der Waals surface area contributed by atoms with Crippen LogP contribution in [0.2, 0.25) is 0 Å². The van der Waals surface area contributed by atoms with Crippen LogP contribution in [0.4, 0.5) is 0 Å². The number of hydrogen-bond donors (Lipinski definition) is 2. The molecule has 1 aliphatic heterocycles. The van der Waals surface area contributed by atoms with Crippen LogP contribution < -0.4 is 39.3 Å². The molecule has 3 rings (SSSR count). The van der Waals surface area contributed by atoms with E-state index >= 15 is 0 Å². The van der Waals surface area contributed by atoms with Gasteiger partial charge in [0.25, 0.3) is 0 Å². The standard InChI is InChI=1S/C12H11PSe2.C6H16N2.C4H8O.Li/c14-13(15,11-7-3-1-4-8-11)12-9-5-2-6-10-12;1-7(2)5-6-8(3)4;1-2-4-5-3-1;/h1-10H,(H,14,15);5-6H2,1-4H3;1-4H2;/q;;;+1/p+1. The molecule has 29 heavy (non-hydrogen) atoms. The van der Waals surface area contributed by atoms with Gasteiger partial charge in [-0.1, -0.05) is 0 Å². The van der Waals surface area contributed by atoms with Crippen LogP contribution in [0.3, 0.4) is 0 Å². The van der Waals surface area contributed by atoms with Gasteiger partial charge in [-0.05, 0) is 12.8 Å². The number of benzene rings is 2. The third-order valence-electron chi connectivity index (χ3n) is 4.14. The van der Waals surface area contributed by atoms with Crippen LogP contribution in [0.25, 0.3) is 0 Å². The van der Waals surface area contributed by atoms with Gasteiger partial charge < -0.3 is 14.5 Å². The Balaban J connectivity index is 0.000000472. The minimum absolute atomic E-state index is 0. The van der Waals surface area contributed by atoms with Crippen LogP contribution in [0.15, 0.2) is 60.7 Å². The van der Waals surface area contributed by atoms with Gasteiger partial charge in [0.15, 0.2) is 0 Å². The molecule has 2 aromatic rings. The molecule has 0 saturated carbocycles. The summed E-state index contributed by atoms with van der Waals surface area (Å²) in [5.41, 5.74) is 0. The first-order chi connectivity index (χ1) is 13.3. The Labute approximate surface area is 205 Å². The van der Waals surface area contributed by atoms with Gasteiger partial charge in [-0.3, -0.25) is 0 Å². The fourth-order valence-electron chi connectivity index (χ4n) is 2.41. The Kier molecular flexibility index (Phi) is 17.2. The summed E-state index contributed by atoms with van der Waals surface area (Å²) < 4.78 is 3.55. The predicted octanol–water partition coefficient (Wildman–Crippen LogP) is -3.10. The molecule has 2 N–H and O–H groups in total. The summed E-state index contributed by atoms with van der Waals surface area (Å²) in [5.74, 6) is 0. The van der Waals surface area contributed by atoms with E-state index in [1.54, 1.807) is 0 Å². The monoisotopic (exact) mass is 542 g/mol. The first kappa shape index (κ1) is 29.4. The summed E-state index contributed by atoms with van der Waals surface area (Å²) in [7, 11) is 8.73. The van der Waals surface area contributed by atoms with Crippen LogP contribution in [0.5, 0.6) is 0 Å². The molecule has 2 aromatic carbocycles. The van der Waals surface area contributed by atoms with Crippen LogP contribution in [0.1, 0.15) is 12.8 Å². The van der Waals surface area contributed by atoms with Gasteiger partial charge in [0, 0.05) is 13.2 Å². The van der Waals surface area contributed by atoms with E-state index in [0.717, 1.165) is 13.2 Å². The van der Waals surface area contributed by atoms with Gasteiger partial charge >= 0.3 is 125 Å². The third-order valence-corrected chi connectivity index (χ3v) is 11.4. The summed E-state index contributed by atoms with van der Waals surface area (Å²) in [4.78, 5) is 3.07. The Bertz CT molecular complexity index is 625. The molecule has 156 valence electrons. The summed E-state index contributed by atoms with van der Waals surface area (Å²) >= 11 is 6.68. The number of likely N-dealkylation sites (N-methyl/N-ethyl adjacent to an activating group) is 2. The van der Waals surface area contributed by atoms with Gasteiger partial charge in [-0.15, -0.1) is 0 Å². The topological polar surface area (TPSA) is 18.1 Å². The molecule has 0 aromatic heterocycles. The minimum atomic E-state index is -1.40. The zero-order valence-electron chi connectivity index (χ0n) is 18.7. The molecular weight excluding hydrogens is 504 g/mol. The number of quaternary nitrogens is 2. The average Bonchev–Trinajstić information content (AvgIpc) is 3.28. The molecule has 3 nitrogen and oxygen atoms in total. The Morgan fingerprint density at radius 3 is 1.38 bits per heavy atom. The molecule has 0 spiro atoms. The zero-order valence-corrected chi connectivity index (χ0v) is 23.0. The van der Waals surface area contributed by atoms with E-state index in [1.165, 1.54) is 46.3 Å². The quantitative estimate of drug-likeness (QED) is 0.304. The summed E-state index contributed by atoms with van der Waals surface area (Å²) in [6, 6.07) is 21.1. The van der Waals surface area contributed by atoms with Crippen molar-refractivity contribution in [1.29, 1.82) is 0 Å². The molecule has 1 saturated heterocycles. The second-order valence-corrected chi connectivity index (χ2v) is 20.0. The molecule has 1 fully saturated rings. The van der Waals surface area contributed by atoms with Crippen molar-refractivity contribution in [2.24, 2.45) is 0 Å². The maximum atomic E-state index is 4.94. The van der Waals surface area contributed by atoms with E-state index in [4.69, 9.17) is 4.74 Å². The van der Waals surface area contributed by atoms with Crippen molar-refractivity contribution < 1.29 is 33.4 Å². The van der Waals surface area contributed by atoms with Crippen molar-refractivity contribution in [3.8, 4) is 0 Å². The van der Waals surface area contributed by atoms with Gasteiger partial charge in [0.05, 0.1) is 28.2 Å². The van der Waals surface area contributed by atoms with Gasteiger partial charge in [0.1, 0.15) is 13.1 Å². The van der Waals surface area contributed by atoms with Crippen LogP contribution >= 0.6 is 4.20 Å². The SMILES string of the molecule is C1CCOC1.C[NH+](C)CC[NH+](C)C.[Li+].[Se]=P([Se-])(c1ccccc1)c1ccccc1. The van der Waals surface area contributed by atoms with Crippen molar-refractivity contribution in [2.75, 3.05) is 54.5 Å². The van der Waals surface area contributed by atoms with Crippen LogP contribution in [-0.4, -0.2) is 85.2 Å². The normalized spacial score (nSPS) is 13.1. The van der Waals surface area contributed by atoms with E-state index in [2.05, 4.69) is 120 Å². The fourth-order valence-corrected chi connectivity index (χ4v) is 6.90. The summed E-state index contributed by atoms with van der Waals surface area (Å²) in [5, 5.41) is 2.72. The number of hydrogen-bond acceptors (Lipinski definition) is 1. The number of ether oxygens (including phenoxy) is 1.